The highest BCUT2D eigenvalue weighted by molar-refractivity contribution is 5.82. The van der Waals surface area contributed by atoms with E-state index in [2.05, 4.69) is 12.2 Å². The van der Waals surface area contributed by atoms with Crippen LogP contribution in [0.1, 0.15) is 31.4 Å². The van der Waals surface area contributed by atoms with Crippen molar-refractivity contribution < 1.29 is 14.7 Å². The fourth-order valence-corrected chi connectivity index (χ4v) is 1.95. The first kappa shape index (κ1) is 16.0. The van der Waals surface area contributed by atoms with E-state index in [-0.39, 0.29) is 6.03 Å². The number of likely N-dealkylation sites (N-methyl/N-ethyl adjacent to an activating group) is 1. The summed E-state index contributed by atoms with van der Waals surface area (Å²) in [5.74, 6) is -0.988. The smallest absolute Gasteiger partial charge is 0.326 e. The summed E-state index contributed by atoms with van der Waals surface area (Å²) < 4.78 is 0. The van der Waals surface area contributed by atoms with E-state index in [9.17, 15) is 9.59 Å². The third-order valence-electron chi connectivity index (χ3n) is 3.33. The van der Waals surface area contributed by atoms with Crippen molar-refractivity contribution in [3.63, 3.8) is 0 Å². The predicted molar refractivity (Wildman–Crippen MR) is 77.5 cm³/mol. The SMILES string of the molecule is CCc1ccc(CNC(=O)N(C)C(CC)C(=O)O)cc1. The van der Waals surface area contributed by atoms with Gasteiger partial charge in [0.2, 0.25) is 0 Å². The Hall–Kier alpha value is -2.04. The maximum absolute atomic E-state index is 11.9. The number of hydrogen-bond acceptors (Lipinski definition) is 2. The van der Waals surface area contributed by atoms with Gasteiger partial charge in [-0.2, -0.15) is 0 Å². The van der Waals surface area contributed by atoms with Crippen LogP contribution in [0.5, 0.6) is 0 Å². The number of carboxylic acid groups (broad SMARTS) is 1. The summed E-state index contributed by atoms with van der Waals surface area (Å²) >= 11 is 0. The Morgan fingerprint density at radius 1 is 1.20 bits per heavy atom. The number of nitrogens with one attached hydrogen (secondary N) is 1. The molecule has 5 heteroatoms. The standard InChI is InChI=1S/C15H22N2O3/c1-4-11-6-8-12(9-7-11)10-16-15(20)17(3)13(5-2)14(18)19/h6-9,13H,4-5,10H2,1-3H3,(H,16,20)(H,18,19). The van der Waals surface area contributed by atoms with E-state index in [1.807, 2.05) is 24.3 Å². The van der Waals surface area contributed by atoms with Crippen molar-refractivity contribution >= 4 is 12.0 Å². The predicted octanol–water partition coefficient (Wildman–Crippen LogP) is 2.25. The van der Waals surface area contributed by atoms with Gasteiger partial charge in [-0.15, -0.1) is 0 Å². The minimum absolute atomic E-state index is 0.376. The van der Waals surface area contributed by atoms with Crippen LogP contribution < -0.4 is 5.32 Å². The number of benzene rings is 1. The van der Waals surface area contributed by atoms with Gasteiger partial charge in [-0.1, -0.05) is 38.1 Å². The van der Waals surface area contributed by atoms with Crippen LogP contribution in [0.4, 0.5) is 4.79 Å². The Morgan fingerprint density at radius 2 is 1.75 bits per heavy atom. The Kier molecular flexibility index (Phi) is 6.03. The van der Waals surface area contributed by atoms with Crippen LogP contribution in [0.3, 0.4) is 0 Å². The Labute approximate surface area is 119 Å². The zero-order valence-electron chi connectivity index (χ0n) is 12.2. The molecule has 1 aromatic rings. The van der Waals surface area contributed by atoms with Gasteiger partial charge in [0.15, 0.2) is 0 Å². The summed E-state index contributed by atoms with van der Waals surface area (Å²) in [6, 6.07) is 6.81. The lowest BCUT2D eigenvalue weighted by Gasteiger charge is -2.24. The number of aliphatic carboxylic acids is 1. The molecule has 0 aliphatic heterocycles. The van der Waals surface area contributed by atoms with Gasteiger partial charge in [-0.3, -0.25) is 0 Å². The molecular weight excluding hydrogens is 256 g/mol. The topological polar surface area (TPSA) is 69.6 Å². The molecule has 2 N–H and O–H groups in total. The number of urea groups is 1. The Morgan fingerprint density at radius 3 is 2.20 bits per heavy atom. The average molecular weight is 278 g/mol. The highest BCUT2D eigenvalue weighted by Crippen LogP contribution is 2.06. The van der Waals surface area contributed by atoms with Gasteiger partial charge >= 0.3 is 12.0 Å². The Balaban J connectivity index is 2.55. The van der Waals surface area contributed by atoms with Crippen LogP contribution in [0, 0.1) is 0 Å². The Bertz CT molecular complexity index is 457. The van der Waals surface area contributed by atoms with Gasteiger partial charge in [-0.05, 0) is 24.0 Å². The number of aryl methyl sites for hydroxylation is 1. The molecule has 20 heavy (non-hydrogen) atoms. The largest absolute Gasteiger partial charge is 0.480 e. The van der Waals surface area contributed by atoms with Gasteiger partial charge in [0.05, 0.1) is 0 Å². The molecule has 0 radical (unpaired) electrons. The first-order valence-electron chi connectivity index (χ1n) is 6.80. The second kappa shape index (κ2) is 7.53. The van der Waals surface area contributed by atoms with Crippen molar-refractivity contribution in [2.75, 3.05) is 7.05 Å². The number of carboxylic acids is 1. The normalized spacial score (nSPS) is 11.8. The van der Waals surface area contributed by atoms with Crippen LogP contribution >= 0.6 is 0 Å². The molecule has 1 rings (SSSR count). The van der Waals surface area contributed by atoms with Crippen molar-refractivity contribution in [3.05, 3.63) is 35.4 Å². The first-order valence-corrected chi connectivity index (χ1v) is 6.80. The summed E-state index contributed by atoms with van der Waals surface area (Å²) in [4.78, 5) is 24.1. The fourth-order valence-electron chi connectivity index (χ4n) is 1.95. The molecular formula is C15H22N2O3. The molecule has 2 amide bonds. The minimum atomic E-state index is -0.988. The minimum Gasteiger partial charge on any atom is -0.480 e. The molecule has 0 saturated heterocycles. The van der Waals surface area contributed by atoms with Crippen molar-refractivity contribution in [2.45, 2.75) is 39.3 Å². The molecule has 1 aromatic carbocycles. The van der Waals surface area contributed by atoms with E-state index in [0.29, 0.717) is 13.0 Å². The number of hydrogen-bond donors (Lipinski definition) is 2. The van der Waals surface area contributed by atoms with Gasteiger partial charge in [0, 0.05) is 13.6 Å². The zero-order valence-corrected chi connectivity index (χ0v) is 12.2. The molecule has 0 heterocycles. The molecule has 1 atom stereocenters. The molecule has 0 bridgehead atoms. The molecule has 0 aliphatic carbocycles. The summed E-state index contributed by atoms with van der Waals surface area (Å²) in [6.45, 7) is 4.22. The lowest BCUT2D eigenvalue weighted by atomic mass is 10.1. The lowest BCUT2D eigenvalue weighted by molar-refractivity contribution is -0.141. The van der Waals surface area contributed by atoms with Crippen molar-refractivity contribution in [1.29, 1.82) is 0 Å². The third-order valence-corrected chi connectivity index (χ3v) is 3.33. The highest BCUT2D eigenvalue weighted by Gasteiger charge is 2.24. The first-order chi connectivity index (χ1) is 9.49. The molecule has 0 saturated carbocycles. The van der Waals surface area contributed by atoms with Crippen LogP contribution in [-0.4, -0.2) is 35.1 Å². The summed E-state index contributed by atoms with van der Waals surface area (Å²) in [5, 5.41) is 11.7. The van der Waals surface area contributed by atoms with Gasteiger partial charge in [-0.25, -0.2) is 9.59 Å². The third kappa shape index (κ3) is 4.26. The molecule has 0 aromatic heterocycles. The van der Waals surface area contributed by atoms with E-state index in [0.717, 1.165) is 12.0 Å². The van der Waals surface area contributed by atoms with Crippen molar-refractivity contribution in [2.24, 2.45) is 0 Å². The van der Waals surface area contributed by atoms with E-state index < -0.39 is 12.0 Å². The number of rotatable bonds is 6. The molecule has 0 fully saturated rings. The maximum Gasteiger partial charge on any atom is 0.326 e. The number of carbonyl (C=O) groups excluding carboxylic acids is 1. The second-order valence-electron chi connectivity index (χ2n) is 4.70. The number of carbonyl (C=O) groups is 2. The average Bonchev–Trinajstić information content (AvgIpc) is 2.45. The van der Waals surface area contributed by atoms with Gasteiger partial charge < -0.3 is 15.3 Å². The van der Waals surface area contributed by atoms with E-state index in [1.54, 1.807) is 6.92 Å². The van der Waals surface area contributed by atoms with E-state index in [4.69, 9.17) is 5.11 Å². The molecule has 5 nitrogen and oxygen atoms in total. The quantitative estimate of drug-likeness (QED) is 0.838. The van der Waals surface area contributed by atoms with Gasteiger partial charge in [0.1, 0.15) is 6.04 Å². The monoisotopic (exact) mass is 278 g/mol. The zero-order chi connectivity index (χ0) is 15.1. The summed E-state index contributed by atoms with van der Waals surface area (Å²) in [5.41, 5.74) is 2.24. The van der Waals surface area contributed by atoms with E-state index >= 15 is 0 Å². The van der Waals surface area contributed by atoms with Crippen LogP contribution in [-0.2, 0) is 17.8 Å². The second-order valence-corrected chi connectivity index (χ2v) is 4.70. The highest BCUT2D eigenvalue weighted by atomic mass is 16.4. The van der Waals surface area contributed by atoms with Crippen LogP contribution in [0.15, 0.2) is 24.3 Å². The van der Waals surface area contributed by atoms with Crippen LogP contribution in [0.2, 0.25) is 0 Å². The molecule has 0 spiro atoms. The van der Waals surface area contributed by atoms with Crippen molar-refractivity contribution in [3.8, 4) is 0 Å². The van der Waals surface area contributed by atoms with E-state index in [1.165, 1.54) is 17.5 Å². The molecule has 110 valence electrons. The maximum atomic E-state index is 11.9. The lowest BCUT2D eigenvalue weighted by Crippen LogP contribution is -2.46. The summed E-state index contributed by atoms with van der Waals surface area (Å²) in [6.07, 6.45) is 1.36. The van der Waals surface area contributed by atoms with Crippen LogP contribution in [0.25, 0.3) is 0 Å². The number of nitrogens with zero attached hydrogens (tertiary/aromatic N) is 1. The van der Waals surface area contributed by atoms with Gasteiger partial charge in [0.25, 0.3) is 0 Å². The summed E-state index contributed by atoms with van der Waals surface area (Å²) in [7, 11) is 1.50. The van der Waals surface area contributed by atoms with Crippen molar-refractivity contribution in [1.82, 2.24) is 10.2 Å². The molecule has 0 aliphatic rings. The molecule has 1 unspecified atom stereocenters. The fraction of sp³-hybridized carbons (Fsp3) is 0.467. The number of amides is 2.